The van der Waals surface area contributed by atoms with Gasteiger partial charge in [-0.3, -0.25) is 4.79 Å². The Balaban J connectivity index is 3.16. The van der Waals surface area contributed by atoms with Crippen LogP contribution < -0.4 is 5.73 Å². The summed E-state index contributed by atoms with van der Waals surface area (Å²) in [5.41, 5.74) is 4.24. The van der Waals surface area contributed by atoms with E-state index in [0.717, 1.165) is 12.1 Å². The van der Waals surface area contributed by atoms with Crippen LogP contribution >= 0.6 is 0 Å². The van der Waals surface area contributed by atoms with E-state index in [0.29, 0.717) is 0 Å². The molecule has 0 unspecified atom stereocenters. The van der Waals surface area contributed by atoms with Gasteiger partial charge in [0.2, 0.25) is 0 Å². The third-order valence-corrected chi connectivity index (χ3v) is 1.27. The van der Waals surface area contributed by atoms with Crippen molar-refractivity contribution in [1.82, 2.24) is 0 Å². The van der Waals surface area contributed by atoms with Crippen molar-refractivity contribution in [2.45, 2.75) is 0 Å². The number of amides is 1. The third kappa shape index (κ3) is 2.27. The molecule has 0 aromatic heterocycles. The van der Waals surface area contributed by atoms with E-state index in [1.165, 1.54) is 6.07 Å². The normalized spacial score (nSPS) is 8.77. The van der Waals surface area contributed by atoms with Crippen LogP contribution in [-0.2, 0) is 4.79 Å². The van der Waals surface area contributed by atoms with Gasteiger partial charge in [0.15, 0.2) is 0 Å². The lowest BCUT2D eigenvalue weighted by atomic mass is 10.2. The number of nitrogens with two attached hydrogens (primary N) is 1. The van der Waals surface area contributed by atoms with Crippen molar-refractivity contribution in [3.8, 4) is 11.8 Å². The summed E-state index contributed by atoms with van der Waals surface area (Å²) < 4.78 is 25.6. The van der Waals surface area contributed by atoms with E-state index < -0.39 is 23.1 Å². The van der Waals surface area contributed by atoms with E-state index in [-0.39, 0.29) is 0 Å². The molecule has 0 bridgehead atoms. The van der Waals surface area contributed by atoms with Crippen molar-refractivity contribution >= 4 is 5.91 Å². The predicted molar refractivity (Wildman–Crippen MR) is 42.4 cm³/mol. The van der Waals surface area contributed by atoms with Gasteiger partial charge in [0.05, 0.1) is 5.56 Å². The highest BCUT2D eigenvalue weighted by molar-refractivity contribution is 5.92. The first-order valence-corrected chi connectivity index (χ1v) is 3.36. The fourth-order valence-electron chi connectivity index (χ4n) is 0.741. The summed E-state index contributed by atoms with van der Waals surface area (Å²) in [6.45, 7) is 0. The van der Waals surface area contributed by atoms with E-state index in [1.807, 2.05) is 11.8 Å². The molecule has 2 N–H and O–H groups in total. The Morgan fingerprint density at radius 2 is 1.85 bits per heavy atom. The maximum Gasteiger partial charge on any atom is 0.293 e. The van der Waals surface area contributed by atoms with Crippen LogP contribution in [0, 0.1) is 23.5 Å². The van der Waals surface area contributed by atoms with Gasteiger partial charge in [-0.25, -0.2) is 8.78 Å². The Morgan fingerprint density at radius 1 is 1.31 bits per heavy atom. The van der Waals surface area contributed by atoms with Crippen molar-refractivity contribution < 1.29 is 13.6 Å². The first kappa shape index (κ1) is 9.20. The molecule has 0 heterocycles. The van der Waals surface area contributed by atoms with Gasteiger partial charge >= 0.3 is 0 Å². The average molecular weight is 181 g/mol. The number of hydrogen-bond acceptors (Lipinski definition) is 1. The predicted octanol–water partition coefficient (Wildman–Crippen LogP) is 0.802. The third-order valence-electron chi connectivity index (χ3n) is 1.27. The number of carbonyl (C=O) groups is 1. The maximum absolute atomic E-state index is 12.8. The summed E-state index contributed by atoms with van der Waals surface area (Å²) in [4.78, 5) is 10.2. The molecule has 66 valence electrons. The van der Waals surface area contributed by atoms with Gasteiger partial charge in [-0.15, -0.1) is 0 Å². The van der Waals surface area contributed by atoms with Crippen LogP contribution in [-0.4, -0.2) is 5.91 Å². The molecule has 0 saturated heterocycles. The maximum atomic E-state index is 12.8. The van der Waals surface area contributed by atoms with Crippen LogP contribution in [0.5, 0.6) is 0 Å². The van der Waals surface area contributed by atoms with Crippen molar-refractivity contribution in [2.75, 3.05) is 0 Å². The van der Waals surface area contributed by atoms with E-state index in [2.05, 4.69) is 5.73 Å². The second-order valence-corrected chi connectivity index (χ2v) is 2.21. The average Bonchev–Trinajstić information content (AvgIpc) is 2.03. The summed E-state index contributed by atoms with van der Waals surface area (Å²) in [5, 5.41) is 0. The number of hydrogen-bond donors (Lipinski definition) is 1. The molecule has 0 spiro atoms. The molecule has 4 heteroatoms. The van der Waals surface area contributed by atoms with Gasteiger partial charge in [-0.1, -0.05) is 12.0 Å². The molecule has 1 aromatic carbocycles. The SMILES string of the molecule is NC(=O)C#Cc1c(F)cccc1F. The number of benzene rings is 1. The van der Waals surface area contributed by atoms with Crippen LogP contribution in [0.1, 0.15) is 5.56 Å². The molecule has 0 aliphatic heterocycles. The van der Waals surface area contributed by atoms with Gasteiger partial charge < -0.3 is 5.73 Å². The Labute approximate surface area is 73.4 Å². The number of rotatable bonds is 0. The Bertz CT molecular complexity index is 384. The molecule has 2 nitrogen and oxygen atoms in total. The van der Waals surface area contributed by atoms with E-state index in [1.54, 1.807) is 0 Å². The van der Waals surface area contributed by atoms with E-state index in [9.17, 15) is 13.6 Å². The van der Waals surface area contributed by atoms with Crippen LogP contribution in [0.4, 0.5) is 8.78 Å². The first-order valence-electron chi connectivity index (χ1n) is 3.36. The summed E-state index contributed by atoms with van der Waals surface area (Å²) in [6.07, 6.45) is 0. The van der Waals surface area contributed by atoms with Crippen molar-refractivity contribution in [3.05, 3.63) is 35.4 Å². The lowest BCUT2D eigenvalue weighted by molar-refractivity contribution is -0.112. The number of primary amides is 1. The molecule has 1 rings (SSSR count). The van der Waals surface area contributed by atoms with Crippen LogP contribution in [0.2, 0.25) is 0 Å². The van der Waals surface area contributed by atoms with Crippen LogP contribution in [0.25, 0.3) is 0 Å². The Morgan fingerprint density at radius 3 is 2.31 bits per heavy atom. The fraction of sp³-hybridized carbons (Fsp3) is 0. The van der Waals surface area contributed by atoms with Gasteiger partial charge in [-0.05, 0) is 12.1 Å². The minimum Gasteiger partial charge on any atom is -0.359 e. The van der Waals surface area contributed by atoms with Crippen LogP contribution in [0.15, 0.2) is 18.2 Å². The van der Waals surface area contributed by atoms with E-state index in [4.69, 9.17) is 0 Å². The molecular weight excluding hydrogens is 176 g/mol. The first-order chi connectivity index (χ1) is 6.11. The molecule has 0 saturated carbocycles. The second kappa shape index (κ2) is 3.68. The summed E-state index contributed by atoms with van der Waals surface area (Å²) >= 11 is 0. The highest BCUT2D eigenvalue weighted by Crippen LogP contribution is 2.09. The lowest BCUT2D eigenvalue weighted by Gasteiger charge is -1.94. The standard InChI is InChI=1S/C9H5F2NO/c10-7-2-1-3-8(11)6(7)4-5-9(12)13/h1-3H,(H2,12,13). The molecular formula is C9H5F2NO. The Hall–Kier alpha value is -1.89. The molecule has 0 fully saturated rings. The number of carbonyl (C=O) groups excluding carboxylic acids is 1. The van der Waals surface area contributed by atoms with Gasteiger partial charge in [0, 0.05) is 5.92 Å². The zero-order valence-corrected chi connectivity index (χ0v) is 6.47. The van der Waals surface area contributed by atoms with Crippen molar-refractivity contribution in [2.24, 2.45) is 5.73 Å². The zero-order valence-electron chi connectivity index (χ0n) is 6.47. The topological polar surface area (TPSA) is 43.1 Å². The largest absolute Gasteiger partial charge is 0.359 e. The zero-order chi connectivity index (χ0) is 9.84. The van der Waals surface area contributed by atoms with Crippen molar-refractivity contribution in [1.29, 1.82) is 0 Å². The van der Waals surface area contributed by atoms with Gasteiger partial charge in [-0.2, -0.15) is 0 Å². The molecule has 1 aromatic rings. The van der Waals surface area contributed by atoms with Crippen molar-refractivity contribution in [3.63, 3.8) is 0 Å². The summed E-state index contributed by atoms with van der Waals surface area (Å²) in [5.74, 6) is 1.31. The highest BCUT2D eigenvalue weighted by atomic mass is 19.1. The van der Waals surface area contributed by atoms with Gasteiger partial charge in [0.1, 0.15) is 11.6 Å². The lowest BCUT2D eigenvalue weighted by Crippen LogP contribution is -2.06. The molecule has 0 radical (unpaired) electrons. The smallest absolute Gasteiger partial charge is 0.293 e. The number of halogens is 2. The van der Waals surface area contributed by atoms with Crippen LogP contribution in [0.3, 0.4) is 0 Å². The summed E-state index contributed by atoms with van der Waals surface area (Å²) in [6, 6.07) is 3.31. The highest BCUT2D eigenvalue weighted by Gasteiger charge is 2.04. The fourth-order valence-corrected chi connectivity index (χ4v) is 0.741. The molecule has 1 amide bonds. The summed E-state index contributed by atoms with van der Waals surface area (Å²) in [7, 11) is 0. The van der Waals surface area contributed by atoms with Gasteiger partial charge in [0.25, 0.3) is 5.91 Å². The molecule has 0 atom stereocenters. The molecule has 0 aliphatic carbocycles. The van der Waals surface area contributed by atoms with E-state index >= 15 is 0 Å². The minimum atomic E-state index is -0.928. The second-order valence-electron chi connectivity index (χ2n) is 2.21. The quantitative estimate of drug-likeness (QED) is 0.591. The Kier molecular flexibility index (Phi) is 2.60. The monoisotopic (exact) mass is 181 g/mol. The minimum absolute atomic E-state index is 0.443. The molecule has 0 aliphatic rings. The molecule has 13 heavy (non-hydrogen) atoms.